The molecule has 0 bridgehead atoms. The number of carboxylic acids is 1. The molecule has 1 atom stereocenters. The van der Waals surface area contributed by atoms with Crippen molar-refractivity contribution in [1.82, 2.24) is 4.90 Å². The Morgan fingerprint density at radius 1 is 1.30 bits per heavy atom. The number of hydrogen-bond donors (Lipinski definition) is 1. The van der Waals surface area contributed by atoms with Gasteiger partial charge in [0.1, 0.15) is 11.8 Å². The van der Waals surface area contributed by atoms with Gasteiger partial charge in [-0.25, -0.2) is 0 Å². The molecule has 1 aromatic carbocycles. The molecule has 1 aromatic heterocycles. The SMILES string of the molecule is O=C(O)[C@H]1CCCN(C(=O)c2coc3ccccc23)C1. The van der Waals surface area contributed by atoms with Crippen LogP contribution in [0.5, 0.6) is 0 Å². The molecule has 3 rings (SSSR count). The van der Waals surface area contributed by atoms with Crippen molar-refractivity contribution in [2.45, 2.75) is 12.8 Å². The largest absolute Gasteiger partial charge is 0.481 e. The molecule has 1 N–H and O–H groups in total. The number of carbonyl (C=O) groups is 2. The summed E-state index contributed by atoms with van der Waals surface area (Å²) >= 11 is 0. The Labute approximate surface area is 115 Å². The number of carboxylic acid groups (broad SMARTS) is 1. The Hall–Kier alpha value is -2.30. The summed E-state index contributed by atoms with van der Waals surface area (Å²) in [6.45, 7) is 0.871. The highest BCUT2D eigenvalue weighted by Gasteiger charge is 2.29. The smallest absolute Gasteiger partial charge is 0.308 e. The molecule has 0 unspecified atom stereocenters. The zero-order chi connectivity index (χ0) is 14.1. The van der Waals surface area contributed by atoms with Gasteiger partial charge in [-0.15, -0.1) is 0 Å². The Morgan fingerprint density at radius 2 is 2.10 bits per heavy atom. The first-order valence-corrected chi connectivity index (χ1v) is 6.65. The Kier molecular flexibility index (Phi) is 3.18. The van der Waals surface area contributed by atoms with Gasteiger partial charge >= 0.3 is 5.97 Å². The second-order valence-corrected chi connectivity index (χ2v) is 5.07. The molecule has 5 nitrogen and oxygen atoms in total. The number of rotatable bonds is 2. The van der Waals surface area contributed by atoms with Crippen molar-refractivity contribution in [3.63, 3.8) is 0 Å². The van der Waals surface area contributed by atoms with E-state index in [4.69, 9.17) is 9.52 Å². The standard InChI is InChI=1S/C15H15NO4/c17-14(16-7-3-4-10(8-16)15(18)19)12-9-20-13-6-2-1-5-11(12)13/h1-2,5-6,9-10H,3-4,7-8H2,(H,18,19)/t10-/m0/s1. The molecular formula is C15H15NO4. The van der Waals surface area contributed by atoms with Crippen molar-refractivity contribution in [3.8, 4) is 0 Å². The normalized spacial score (nSPS) is 19.2. The van der Waals surface area contributed by atoms with Gasteiger partial charge in [0.15, 0.2) is 0 Å². The van der Waals surface area contributed by atoms with Crippen LogP contribution in [0, 0.1) is 5.92 Å². The molecule has 1 saturated heterocycles. The Bertz CT molecular complexity index is 661. The molecule has 1 aliphatic heterocycles. The molecule has 20 heavy (non-hydrogen) atoms. The van der Waals surface area contributed by atoms with Crippen LogP contribution in [-0.4, -0.2) is 35.0 Å². The Morgan fingerprint density at radius 3 is 2.90 bits per heavy atom. The first-order valence-electron chi connectivity index (χ1n) is 6.65. The molecule has 0 saturated carbocycles. The van der Waals surface area contributed by atoms with Crippen LogP contribution in [0.3, 0.4) is 0 Å². The lowest BCUT2D eigenvalue weighted by Crippen LogP contribution is -2.42. The summed E-state index contributed by atoms with van der Waals surface area (Å²) in [5.74, 6) is -1.45. The second kappa shape index (κ2) is 5.00. The number of amides is 1. The zero-order valence-electron chi connectivity index (χ0n) is 10.9. The van der Waals surface area contributed by atoms with E-state index < -0.39 is 11.9 Å². The van der Waals surface area contributed by atoms with E-state index in [0.29, 0.717) is 24.1 Å². The van der Waals surface area contributed by atoms with Gasteiger partial charge in [0.25, 0.3) is 5.91 Å². The summed E-state index contributed by atoms with van der Waals surface area (Å²) in [7, 11) is 0. The molecule has 1 aliphatic rings. The van der Waals surface area contributed by atoms with Crippen molar-refractivity contribution in [2.24, 2.45) is 5.92 Å². The van der Waals surface area contributed by atoms with Gasteiger partial charge in [0.2, 0.25) is 0 Å². The number of likely N-dealkylation sites (tertiary alicyclic amines) is 1. The van der Waals surface area contributed by atoms with E-state index >= 15 is 0 Å². The number of fused-ring (bicyclic) bond motifs is 1. The monoisotopic (exact) mass is 273 g/mol. The summed E-state index contributed by atoms with van der Waals surface area (Å²) in [5, 5.41) is 9.86. The molecule has 0 radical (unpaired) electrons. The van der Waals surface area contributed by atoms with Crippen molar-refractivity contribution in [3.05, 3.63) is 36.1 Å². The van der Waals surface area contributed by atoms with Crippen molar-refractivity contribution in [1.29, 1.82) is 0 Å². The molecule has 2 heterocycles. The fourth-order valence-corrected chi connectivity index (χ4v) is 2.68. The number of furan rings is 1. The van der Waals surface area contributed by atoms with Crippen molar-refractivity contribution < 1.29 is 19.1 Å². The maximum absolute atomic E-state index is 12.5. The lowest BCUT2D eigenvalue weighted by Gasteiger charge is -2.30. The van der Waals surface area contributed by atoms with E-state index in [1.54, 1.807) is 4.90 Å². The highest BCUT2D eigenvalue weighted by atomic mass is 16.4. The van der Waals surface area contributed by atoms with E-state index in [2.05, 4.69) is 0 Å². The van der Waals surface area contributed by atoms with Crippen molar-refractivity contribution >= 4 is 22.8 Å². The van der Waals surface area contributed by atoms with E-state index in [1.807, 2.05) is 24.3 Å². The van der Waals surface area contributed by atoms with E-state index in [9.17, 15) is 9.59 Å². The van der Waals surface area contributed by atoms with Crippen LogP contribution < -0.4 is 0 Å². The van der Waals surface area contributed by atoms with Crippen molar-refractivity contribution in [2.75, 3.05) is 13.1 Å². The molecular weight excluding hydrogens is 258 g/mol. The number of nitrogens with zero attached hydrogens (tertiary/aromatic N) is 1. The van der Waals surface area contributed by atoms with Crippen LogP contribution in [-0.2, 0) is 4.79 Å². The molecule has 104 valence electrons. The van der Waals surface area contributed by atoms with Crippen LogP contribution in [0.15, 0.2) is 34.9 Å². The number of para-hydroxylation sites is 1. The minimum atomic E-state index is -0.834. The number of aliphatic carboxylic acids is 1. The quantitative estimate of drug-likeness (QED) is 0.911. The fourth-order valence-electron chi connectivity index (χ4n) is 2.68. The molecule has 0 aliphatic carbocycles. The lowest BCUT2D eigenvalue weighted by atomic mass is 9.97. The summed E-state index contributed by atoms with van der Waals surface area (Å²) in [4.78, 5) is 25.2. The van der Waals surface area contributed by atoms with E-state index in [-0.39, 0.29) is 12.5 Å². The highest BCUT2D eigenvalue weighted by molar-refractivity contribution is 6.06. The predicted molar refractivity (Wildman–Crippen MR) is 72.5 cm³/mol. The molecule has 0 spiro atoms. The molecule has 1 fully saturated rings. The average molecular weight is 273 g/mol. The van der Waals surface area contributed by atoms with Gasteiger partial charge in [-0.3, -0.25) is 9.59 Å². The van der Waals surface area contributed by atoms with E-state index in [0.717, 1.165) is 11.8 Å². The van der Waals surface area contributed by atoms with Crippen LogP contribution in [0.25, 0.3) is 11.0 Å². The van der Waals surface area contributed by atoms with E-state index in [1.165, 1.54) is 6.26 Å². The maximum Gasteiger partial charge on any atom is 0.308 e. The van der Waals surface area contributed by atoms with Crippen LogP contribution >= 0.6 is 0 Å². The molecule has 2 aromatic rings. The van der Waals surface area contributed by atoms with Crippen LogP contribution in [0.1, 0.15) is 23.2 Å². The zero-order valence-corrected chi connectivity index (χ0v) is 10.9. The van der Waals surface area contributed by atoms with Gasteiger partial charge in [-0.2, -0.15) is 0 Å². The summed E-state index contributed by atoms with van der Waals surface area (Å²) in [6.07, 6.45) is 2.81. The number of hydrogen-bond acceptors (Lipinski definition) is 3. The van der Waals surface area contributed by atoms with Gasteiger partial charge < -0.3 is 14.4 Å². The lowest BCUT2D eigenvalue weighted by molar-refractivity contribution is -0.143. The summed E-state index contributed by atoms with van der Waals surface area (Å²) in [5.41, 5.74) is 1.18. The van der Waals surface area contributed by atoms with Crippen LogP contribution in [0.4, 0.5) is 0 Å². The third-order valence-corrected chi connectivity index (χ3v) is 3.77. The summed E-state index contributed by atoms with van der Waals surface area (Å²) in [6, 6.07) is 7.35. The minimum Gasteiger partial charge on any atom is -0.481 e. The second-order valence-electron chi connectivity index (χ2n) is 5.07. The number of benzene rings is 1. The summed E-state index contributed by atoms with van der Waals surface area (Å²) < 4.78 is 5.37. The average Bonchev–Trinajstić information content (AvgIpc) is 2.90. The third-order valence-electron chi connectivity index (χ3n) is 3.77. The van der Waals surface area contributed by atoms with Gasteiger partial charge in [0.05, 0.1) is 11.5 Å². The first-order chi connectivity index (χ1) is 9.66. The Balaban J connectivity index is 1.87. The highest BCUT2D eigenvalue weighted by Crippen LogP contribution is 2.24. The minimum absolute atomic E-state index is 0.152. The first kappa shape index (κ1) is 12.7. The van der Waals surface area contributed by atoms with Crippen LogP contribution in [0.2, 0.25) is 0 Å². The fraction of sp³-hybridized carbons (Fsp3) is 0.333. The number of carbonyl (C=O) groups excluding carboxylic acids is 1. The van der Waals surface area contributed by atoms with Gasteiger partial charge in [-0.05, 0) is 18.9 Å². The topological polar surface area (TPSA) is 70.8 Å². The molecule has 1 amide bonds. The van der Waals surface area contributed by atoms with Gasteiger partial charge in [-0.1, -0.05) is 18.2 Å². The predicted octanol–water partition coefficient (Wildman–Crippen LogP) is 2.37. The van der Waals surface area contributed by atoms with Gasteiger partial charge in [0, 0.05) is 18.5 Å². The molecule has 5 heteroatoms. The maximum atomic E-state index is 12.5. The third kappa shape index (κ3) is 2.15. The number of piperidine rings is 1.